The number of aryl methyl sites for hydroxylation is 1. The largest absolute Gasteiger partial charge is 0.507 e. The molecular weight excluding hydrogens is 258 g/mol. The highest BCUT2D eigenvalue weighted by atomic mass is 16.3. The Morgan fingerprint density at radius 1 is 1.00 bits per heavy atom. The van der Waals surface area contributed by atoms with E-state index in [0.717, 1.165) is 25.1 Å². The van der Waals surface area contributed by atoms with Crippen molar-refractivity contribution in [2.24, 2.45) is 0 Å². The standard InChI is InChI=1S/C17H25NO.C2H6/c1-11-10-12-14-13(15(11)19)17(4,5)7-9-18(14)8-6-16(12,2)3;1-2/h10,19H,6-9H2,1-5H3;1-2H3. The molecule has 0 saturated carbocycles. The Bertz CT molecular complexity index is 541. The molecule has 0 radical (unpaired) electrons. The van der Waals surface area contributed by atoms with Crippen molar-refractivity contribution in [2.75, 3.05) is 18.0 Å². The number of phenolic OH excluding ortho intramolecular Hbond substituents is 1. The van der Waals surface area contributed by atoms with Crippen molar-refractivity contribution in [3.8, 4) is 5.75 Å². The molecular formula is C19H31NO. The molecule has 0 unspecified atom stereocenters. The third-order valence-corrected chi connectivity index (χ3v) is 5.20. The molecule has 21 heavy (non-hydrogen) atoms. The summed E-state index contributed by atoms with van der Waals surface area (Å²) >= 11 is 0. The lowest BCUT2D eigenvalue weighted by molar-refractivity contribution is 0.377. The van der Waals surface area contributed by atoms with Gasteiger partial charge in [0.1, 0.15) is 5.75 Å². The Labute approximate surface area is 130 Å². The van der Waals surface area contributed by atoms with Crippen LogP contribution in [0.1, 0.15) is 71.1 Å². The van der Waals surface area contributed by atoms with E-state index in [1.807, 2.05) is 20.8 Å². The fourth-order valence-electron chi connectivity index (χ4n) is 3.71. The van der Waals surface area contributed by atoms with E-state index >= 15 is 0 Å². The Hall–Kier alpha value is -1.18. The maximum absolute atomic E-state index is 10.6. The molecule has 2 heterocycles. The SMILES string of the molecule is CC.Cc1cc2c3c(c1O)C(C)(C)CCN3CCC2(C)C. The van der Waals surface area contributed by atoms with Gasteiger partial charge in [-0.3, -0.25) is 0 Å². The molecule has 0 bridgehead atoms. The predicted molar refractivity (Wildman–Crippen MR) is 91.7 cm³/mol. The van der Waals surface area contributed by atoms with Gasteiger partial charge in [0, 0.05) is 24.3 Å². The third kappa shape index (κ3) is 2.43. The molecule has 0 fully saturated rings. The first-order valence-electron chi connectivity index (χ1n) is 8.36. The van der Waals surface area contributed by atoms with Crippen molar-refractivity contribution in [1.82, 2.24) is 0 Å². The molecule has 118 valence electrons. The molecule has 0 spiro atoms. The Kier molecular flexibility index (Phi) is 4.03. The minimum absolute atomic E-state index is 0.0735. The first-order valence-corrected chi connectivity index (χ1v) is 8.36. The van der Waals surface area contributed by atoms with Crippen LogP contribution in [0.25, 0.3) is 0 Å². The van der Waals surface area contributed by atoms with Crippen molar-refractivity contribution in [2.45, 2.75) is 72.1 Å². The fourth-order valence-corrected chi connectivity index (χ4v) is 3.71. The van der Waals surface area contributed by atoms with Crippen LogP contribution in [0.15, 0.2) is 6.07 Å². The zero-order chi connectivity index (χ0) is 16.0. The van der Waals surface area contributed by atoms with Gasteiger partial charge in [-0.05, 0) is 47.8 Å². The van der Waals surface area contributed by atoms with Crippen LogP contribution in [0.2, 0.25) is 0 Å². The minimum Gasteiger partial charge on any atom is -0.507 e. The summed E-state index contributed by atoms with van der Waals surface area (Å²) in [4.78, 5) is 2.49. The van der Waals surface area contributed by atoms with E-state index in [9.17, 15) is 5.11 Å². The van der Waals surface area contributed by atoms with Crippen LogP contribution in [-0.4, -0.2) is 18.2 Å². The number of nitrogens with zero attached hydrogens (tertiary/aromatic N) is 1. The zero-order valence-corrected chi connectivity index (χ0v) is 14.8. The van der Waals surface area contributed by atoms with E-state index in [-0.39, 0.29) is 10.8 Å². The second-order valence-electron chi connectivity index (χ2n) is 7.57. The molecule has 1 N–H and O–H groups in total. The lowest BCUT2D eigenvalue weighted by atomic mass is 9.69. The zero-order valence-electron chi connectivity index (χ0n) is 14.8. The summed E-state index contributed by atoms with van der Waals surface area (Å²) in [5.41, 5.74) is 5.25. The van der Waals surface area contributed by atoms with Crippen LogP contribution < -0.4 is 4.90 Å². The summed E-state index contributed by atoms with van der Waals surface area (Å²) in [6.07, 6.45) is 2.32. The van der Waals surface area contributed by atoms with Crippen LogP contribution in [0.5, 0.6) is 5.75 Å². The lowest BCUT2D eigenvalue weighted by Gasteiger charge is -2.48. The van der Waals surface area contributed by atoms with Gasteiger partial charge in [0.05, 0.1) is 0 Å². The number of aromatic hydroxyl groups is 1. The number of rotatable bonds is 0. The average Bonchev–Trinajstić information content (AvgIpc) is 2.42. The maximum Gasteiger partial charge on any atom is 0.124 e. The summed E-state index contributed by atoms with van der Waals surface area (Å²) < 4.78 is 0. The van der Waals surface area contributed by atoms with Gasteiger partial charge in [0.15, 0.2) is 0 Å². The Morgan fingerprint density at radius 2 is 1.52 bits per heavy atom. The summed E-state index contributed by atoms with van der Waals surface area (Å²) in [5, 5.41) is 10.6. The molecule has 2 nitrogen and oxygen atoms in total. The molecule has 0 atom stereocenters. The monoisotopic (exact) mass is 289 g/mol. The topological polar surface area (TPSA) is 23.5 Å². The Morgan fingerprint density at radius 3 is 2.10 bits per heavy atom. The van der Waals surface area contributed by atoms with Gasteiger partial charge in [-0.1, -0.05) is 41.5 Å². The summed E-state index contributed by atoms with van der Waals surface area (Å²) in [7, 11) is 0. The van der Waals surface area contributed by atoms with Gasteiger partial charge in [-0.25, -0.2) is 0 Å². The molecule has 1 aromatic carbocycles. The van der Waals surface area contributed by atoms with Crippen LogP contribution >= 0.6 is 0 Å². The highest BCUT2D eigenvalue weighted by Crippen LogP contribution is 2.52. The van der Waals surface area contributed by atoms with E-state index in [4.69, 9.17) is 0 Å². The molecule has 0 aromatic heterocycles. The molecule has 2 aliphatic rings. The third-order valence-electron chi connectivity index (χ3n) is 5.20. The normalized spacial score (nSPS) is 21.2. The molecule has 2 aliphatic heterocycles. The van der Waals surface area contributed by atoms with Gasteiger partial charge in [0.25, 0.3) is 0 Å². The summed E-state index contributed by atoms with van der Waals surface area (Å²) in [6.45, 7) is 17.5. The van der Waals surface area contributed by atoms with Crippen LogP contribution in [0.4, 0.5) is 5.69 Å². The quantitative estimate of drug-likeness (QED) is 0.734. The van der Waals surface area contributed by atoms with Crippen molar-refractivity contribution >= 4 is 5.69 Å². The lowest BCUT2D eigenvalue weighted by Crippen LogP contribution is -2.44. The fraction of sp³-hybridized carbons (Fsp3) is 0.684. The number of hydrogen-bond acceptors (Lipinski definition) is 2. The summed E-state index contributed by atoms with van der Waals surface area (Å²) in [5.74, 6) is 0.520. The minimum atomic E-state index is 0.0735. The van der Waals surface area contributed by atoms with E-state index < -0.39 is 0 Å². The second-order valence-corrected chi connectivity index (χ2v) is 7.57. The van der Waals surface area contributed by atoms with Crippen LogP contribution in [0, 0.1) is 6.92 Å². The van der Waals surface area contributed by atoms with E-state index in [1.54, 1.807) is 0 Å². The number of anilines is 1. The average molecular weight is 289 g/mol. The predicted octanol–water partition coefficient (Wildman–Crippen LogP) is 4.90. The van der Waals surface area contributed by atoms with E-state index in [1.165, 1.54) is 23.2 Å². The Balaban J connectivity index is 0.000000774. The van der Waals surface area contributed by atoms with Crippen LogP contribution in [-0.2, 0) is 10.8 Å². The first-order chi connectivity index (χ1) is 9.74. The molecule has 1 aromatic rings. The van der Waals surface area contributed by atoms with Crippen molar-refractivity contribution in [1.29, 1.82) is 0 Å². The first kappa shape index (κ1) is 16.2. The van der Waals surface area contributed by atoms with E-state index in [0.29, 0.717) is 5.75 Å². The summed E-state index contributed by atoms with van der Waals surface area (Å²) in [6, 6.07) is 2.21. The van der Waals surface area contributed by atoms with Gasteiger partial charge < -0.3 is 10.0 Å². The van der Waals surface area contributed by atoms with Gasteiger partial charge in [-0.15, -0.1) is 0 Å². The van der Waals surface area contributed by atoms with Gasteiger partial charge >= 0.3 is 0 Å². The van der Waals surface area contributed by atoms with Crippen LogP contribution in [0.3, 0.4) is 0 Å². The highest BCUT2D eigenvalue weighted by molar-refractivity contribution is 5.72. The van der Waals surface area contributed by atoms with Gasteiger partial charge in [-0.2, -0.15) is 0 Å². The molecule has 0 amide bonds. The van der Waals surface area contributed by atoms with Crippen molar-refractivity contribution in [3.63, 3.8) is 0 Å². The number of hydrogen-bond donors (Lipinski definition) is 1. The number of benzene rings is 1. The van der Waals surface area contributed by atoms with Crippen molar-refractivity contribution in [3.05, 3.63) is 22.8 Å². The molecule has 3 rings (SSSR count). The van der Waals surface area contributed by atoms with Gasteiger partial charge in [0.2, 0.25) is 0 Å². The number of phenols is 1. The smallest absolute Gasteiger partial charge is 0.124 e. The maximum atomic E-state index is 10.6. The molecule has 2 heteroatoms. The molecule has 0 aliphatic carbocycles. The van der Waals surface area contributed by atoms with E-state index in [2.05, 4.69) is 38.7 Å². The van der Waals surface area contributed by atoms with Crippen molar-refractivity contribution < 1.29 is 5.11 Å². The molecule has 0 saturated heterocycles. The highest BCUT2D eigenvalue weighted by Gasteiger charge is 2.41. The second kappa shape index (κ2) is 5.23.